The van der Waals surface area contributed by atoms with Crippen molar-refractivity contribution in [3.8, 4) is 0 Å². The summed E-state index contributed by atoms with van der Waals surface area (Å²) in [4.78, 5) is 29.4. The Balaban J connectivity index is 1.40. The largest absolute Gasteiger partial charge is 0.342 e. The van der Waals surface area contributed by atoms with Gasteiger partial charge >= 0.3 is 0 Å². The molecule has 0 radical (unpaired) electrons. The summed E-state index contributed by atoms with van der Waals surface area (Å²) in [6, 6.07) is 11.5. The molecule has 4 rings (SSSR count). The summed E-state index contributed by atoms with van der Waals surface area (Å²) in [5.41, 5.74) is 1.12. The minimum atomic E-state index is -0.203. The van der Waals surface area contributed by atoms with E-state index in [9.17, 15) is 9.59 Å². The van der Waals surface area contributed by atoms with E-state index >= 15 is 0 Å². The summed E-state index contributed by atoms with van der Waals surface area (Å²) in [7, 11) is 1.94. The highest BCUT2D eigenvalue weighted by atomic mass is 16.2. The molecule has 26 heavy (non-hydrogen) atoms. The van der Waals surface area contributed by atoms with E-state index in [0.717, 1.165) is 18.4 Å². The highest BCUT2D eigenvalue weighted by molar-refractivity contribution is 5.89. The standard InChI is InChI=1S/C21H29N3O2/c1-14(15-6-4-3-5-7-15)24-13-16(10-20(24)25)21(26)23(2)19-11-17-8-9-18(12-19)22-17/h3-7,14,16-19,22H,8-13H2,1-2H3. The highest BCUT2D eigenvalue weighted by Crippen LogP contribution is 2.32. The number of carbonyl (C=O) groups is 2. The Hall–Kier alpha value is -1.88. The van der Waals surface area contributed by atoms with Gasteiger partial charge in [0.1, 0.15) is 0 Å². The molecular weight excluding hydrogens is 326 g/mol. The van der Waals surface area contributed by atoms with E-state index in [-0.39, 0.29) is 23.8 Å². The van der Waals surface area contributed by atoms with Crippen LogP contribution in [0.25, 0.3) is 0 Å². The predicted molar refractivity (Wildman–Crippen MR) is 100 cm³/mol. The van der Waals surface area contributed by atoms with Crippen molar-refractivity contribution in [3.63, 3.8) is 0 Å². The summed E-state index contributed by atoms with van der Waals surface area (Å²) < 4.78 is 0. The van der Waals surface area contributed by atoms with Gasteiger partial charge in [0, 0.05) is 38.1 Å². The summed E-state index contributed by atoms with van der Waals surface area (Å²) in [6.07, 6.45) is 4.90. The van der Waals surface area contributed by atoms with Crippen LogP contribution in [0, 0.1) is 5.92 Å². The third-order valence-corrected chi connectivity index (χ3v) is 6.60. The molecule has 4 unspecified atom stereocenters. The van der Waals surface area contributed by atoms with Crippen molar-refractivity contribution in [1.29, 1.82) is 0 Å². The first-order valence-electron chi connectivity index (χ1n) is 9.90. The van der Waals surface area contributed by atoms with Crippen molar-refractivity contribution < 1.29 is 9.59 Å². The van der Waals surface area contributed by atoms with Crippen LogP contribution < -0.4 is 5.32 Å². The zero-order valence-corrected chi connectivity index (χ0v) is 15.7. The maximum atomic E-state index is 13.1. The summed E-state index contributed by atoms with van der Waals surface area (Å²) >= 11 is 0. The molecule has 2 amide bonds. The number of fused-ring (bicyclic) bond motifs is 2. The van der Waals surface area contributed by atoms with Gasteiger partial charge in [0.2, 0.25) is 11.8 Å². The smallest absolute Gasteiger partial charge is 0.227 e. The maximum absolute atomic E-state index is 13.1. The van der Waals surface area contributed by atoms with E-state index in [2.05, 4.69) is 5.32 Å². The van der Waals surface area contributed by atoms with Crippen LogP contribution in [0.4, 0.5) is 0 Å². The lowest BCUT2D eigenvalue weighted by molar-refractivity contribution is -0.137. The summed E-state index contributed by atoms with van der Waals surface area (Å²) in [6.45, 7) is 2.59. The van der Waals surface area contributed by atoms with Crippen molar-refractivity contribution in [2.24, 2.45) is 5.92 Å². The first kappa shape index (κ1) is 17.5. The SMILES string of the molecule is CC(c1ccccc1)N1CC(C(=O)N(C)C2CC3CCC(C2)N3)CC1=O. The Morgan fingerprint density at radius 2 is 1.85 bits per heavy atom. The minimum absolute atomic E-state index is 0.0153. The molecule has 5 nitrogen and oxygen atoms in total. The quantitative estimate of drug-likeness (QED) is 0.902. The molecule has 3 saturated heterocycles. The van der Waals surface area contributed by atoms with Crippen molar-refractivity contribution in [2.75, 3.05) is 13.6 Å². The number of nitrogens with zero attached hydrogens (tertiary/aromatic N) is 2. The van der Waals surface area contributed by atoms with Gasteiger partial charge in [-0.3, -0.25) is 9.59 Å². The lowest BCUT2D eigenvalue weighted by Gasteiger charge is -2.36. The second-order valence-electron chi connectivity index (χ2n) is 8.25. The van der Waals surface area contributed by atoms with E-state index in [0.29, 0.717) is 31.1 Å². The summed E-state index contributed by atoms with van der Waals surface area (Å²) in [5.74, 6) is 0.0390. The van der Waals surface area contributed by atoms with Crippen LogP contribution in [-0.2, 0) is 9.59 Å². The van der Waals surface area contributed by atoms with E-state index in [1.807, 2.05) is 54.1 Å². The van der Waals surface area contributed by atoms with Crippen molar-refractivity contribution in [3.05, 3.63) is 35.9 Å². The third kappa shape index (κ3) is 3.25. The molecule has 1 aromatic carbocycles. The van der Waals surface area contributed by atoms with Gasteiger partial charge in [0.25, 0.3) is 0 Å². The van der Waals surface area contributed by atoms with Gasteiger partial charge in [-0.05, 0) is 38.2 Å². The molecule has 1 aromatic rings. The van der Waals surface area contributed by atoms with E-state index < -0.39 is 0 Å². The first-order chi connectivity index (χ1) is 12.5. The van der Waals surface area contributed by atoms with Crippen molar-refractivity contribution in [2.45, 2.75) is 63.2 Å². The van der Waals surface area contributed by atoms with E-state index in [1.165, 1.54) is 12.8 Å². The number of amides is 2. The third-order valence-electron chi connectivity index (χ3n) is 6.60. The number of hydrogen-bond donors (Lipinski definition) is 1. The number of hydrogen-bond acceptors (Lipinski definition) is 3. The second-order valence-corrected chi connectivity index (χ2v) is 8.25. The number of nitrogens with one attached hydrogen (secondary N) is 1. The average molecular weight is 355 g/mol. The maximum Gasteiger partial charge on any atom is 0.227 e. The molecule has 3 heterocycles. The summed E-state index contributed by atoms with van der Waals surface area (Å²) in [5, 5.41) is 3.63. The molecule has 140 valence electrons. The number of carbonyl (C=O) groups excluding carboxylic acids is 2. The van der Waals surface area contributed by atoms with Crippen LogP contribution in [-0.4, -0.2) is 53.3 Å². The molecule has 0 saturated carbocycles. The van der Waals surface area contributed by atoms with Crippen molar-refractivity contribution >= 4 is 11.8 Å². The minimum Gasteiger partial charge on any atom is -0.342 e. The predicted octanol–water partition coefficient (Wildman–Crippen LogP) is 2.34. The second kappa shape index (κ2) is 7.03. The fourth-order valence-electron chi connectivity index (χ4n) is 4.99. The molecular formula is C21H29N3O2. The zero-order valence-electron chi connectivity index (χ0n) is 15.7. The zero-order chi connectivity index (χ0) is 18.3. The van der Waals surface area contributed by atoms with Crippen LogP contribution >= 0.6 is 0 Å². The van der Waals surface area contributed by atoms with Gasteiger partial charge in [-0.15, -0.1) is 0 Å². The number of piperidine rings is 1. The fourth-order valence-corrected chi connectivity index (χ4v) is 4.99. The topological polar surface area (TPSA) is 52.7 Å². The number of benzene rings is 1. The Kier molecular flexibility index (Phi) is 4.74. The Morgan fingerprint density at radius 1 is 1.19 bits per heavy atom. The van der Waals surface area contributed by atoms with Gasteiger partial charge in [0.15, 0.2) is 0 Å². The van der Waals surface area contributed by atoms with E-state index in [4.69, 9.17) is 0 Å². The van der Waals surface area contributed by atoms with Crippen LogP contribution in [0.2, 0.25) is 0 Å². The Morgan fingerprint density at radius 3 is 2.50 bits per heavy atom. The lowest BCUT2D eigenvalue weighted by Crippen LogP contribution is -2.50. The Labute approximate surface area is 155 Å². The van der Waals surface area contributed by atoms with Crippen LogP contribution in [0.1, 0.15) is 50.6 Å². The van der Waals surface area contributed by atoms with Crippen LogP contribution in [0.3, 0.4) is 0 Å². The molecule has 3 aliphatic rings. The number of rotatable bonds is 4. The van der Waals surface area contributed by atoms with Gasteiger partial charge in [0.05, 0.1) is 12.0 Å². The van der Waals surface area contributed by atoms with E-state index in [1.54, 1.807) is 0 Å². The molecule has 0 spiro atoms. The molecule has 3 fully saturated rings. The molecule has 1 N–H and O–H groups in total. The van der Waals surface area contributed by atoms with Gasteiger partial charge in [-0.2, -0.15) is 0 Å². The van der Waals surface area contributed by atoms with Gasteiger partial charge < -0.3 is 15.1 Å². The molecule has 3 aliphatic heterocycles. The van der Waals surface area contributed by atoms with Crippen molar-refractivity contribution in [1.82, 2.24) is 15.1 Å². The first-order valence-corrected chi connectivity index (χ1v) is 9.90. The lowest BCUT2D eigenvalue weighted by atomic mass is 9.96. The Bertz CT molecular complexity index is 665. The van der Waals surface area contributed by atoms with Crippen LogP contribution in [0.5, 0.6) is 0 Å². The normalized spacial score (nSPS) is 31.9. The molecule has 0 aromatic heterocycles. The highest BCUT2D eigenvalue weighted by Gasteiger charge is 2.41. The van der Waals surface area contributed by atoms with Gasteiger partial charge in [-0.25, -0.2) is 0 Å². The van der Waals surface area contributed by atoms with Gasteiger partial charge in [-0.1, -0.05) is 30.3 Å². The molecule has 2 bridgehead atoms. The molecule has 4 atom stereocenters. The number of likely N-dealkylation sites (tertiary alicyclic amines) is 1. The monoisotopic (exact) mass is 355 g/mol. The molecule has 0 aliphatic carbocycles. The molecule has 5 heteroatoms. The average Bonchev–Trinajstić information content (AvgIpc) is 3.22. The van der Waals surface area contributed by atoms with Crippen LogP contribution in [0.15, 0.2) is 30.3 Å². The fraction of sp³-hybridized carbons (Fsp3) is 0.619.